The molecule has 0 aliphatic heterocycles. The summed E-state index contributed by atoms with van der Waals surface area (Å²) in [6.45, 7) is 2.06. The van der Waals surface area contributed by atoms with Gasteiger partial charge in [0.15, 0.2) is 0 Å². The van der Waals surface area contributed by atoms with E-state index in [4.69, 9.17) is 0 Å². The molecule has 0 spiro atoms. The molecule has 1 N–H and O–H groups in total. The van der Waals surface area contributed by atoms with Gasteiger partial charge in [-0.2, -0.15) is 0 Å². The lowest BCUT2D eigenvalue weighted by atomic mass is 9.84. The number of rotatable bonds is 3. The molecule has 1 nitrogen and oxygen atoms in total. The Morgan fingerprint density at radius 2 is 0.885 bits per heavy atom. The molecule has 0 bridgehead atoms. The van der Waals surface area contributed by atoms with Crippen LogP contribution in [0.3, 0.4) is 0 Å². The summed E-state index contributed by atoms with van der Waals surface area (Å²) < 4.78 is 0. The van der Waals surface area contributed by atoms with E-state index in [0.717, 1.165) is 38.9 Å². The molecular formula is C25H20O. The standard InChI is InChI=1S/C25H20O/c1-18-17-22(26)24(20-13-7-3-8-14-20)25(21-15-9-4-10-16-21)23(18)19-11-5-2-6-12-19/h2-17,26H,1H3. The first kappa shape index (κ1) is 16.2. The molecule has 0 amide bonds. The number of benzene rings is 4. The van der Waals surface area contributed by atoms with Crippen LogP contribution in [0.5, 0.6) is 5.75 Å². The fourth-order valence-electron chi connectivity index (χ4n) is 3.57. The molecule has 26 heavy (non-hydrogen) atoms. The van der Waals surface area contributed by atoms with E-state index in [1.807, 2.05) is 60.7 Å². The van der Waals surface area contributed by atoms with Crippen molar-refractivity contribution in [3.05, 3.63) is 103 Å². The molecule has 0 aliphatic rings. The number of phenolic OH excluding ortho intramolecular Hbond substituents is 1. The van der Waals surface area contributed by atoms with Crippen LogP contribution in [0.25, 0.3) is 33.4 Å². The van der Waals surface area contributed by atoms with Crippen molar-refractivity contribution in [2.75, 3.05) is 0 Å². The van der Waals surface area contributed by atoms with Crippen molar-refractivity contribution in [2.45, 2.75) is 6.92 Å². The third-order valence-corrected chi connectivity index (χ3v) is 4.69. The largest absolute Gasteiger partial charge is 0.507 e. The Morgan fingerprint density at radius 3 is 1.35 bits per heavy atom. The SMILES string of the molecule is Cc1cc(O)c(-c2ccccc2)c(-c2ccccc2)c1-c1ccccc1. The van der Waals surface area contributed by atoms with Gasteiger partial charge in [-0.1, -0.05) is 91.0 Å². The zero-order valence-corrected chi connectivity index (χ0v) is 14.7. The smallest absolute Gasteiger partial charge is 0.124 e. The van der Waals surface area contributed by atoms with Crippen LogP contribution in [0, 0.1) is 6.92 Å². The minimum Gasteiger partial charge on any atom is -0.507 e. The molecule has 0 fully saturated rings. The van der Waals surface area contributed by atoms with Gasteiger partial charge in [-0.3, -0.25) is 0 Å². The Kier molecular flexibility index (Phi) is 4.28. The van der Waals surface area contributed by atoms with Crippen LogP contribution in [-0.2, 0) is 0 Å². The fourth-order valence-corrected chi connectivity index (χ4v) is 3.57. The van der Waals surface area contributed by atoms with E-state index in [1.54, 1.807) is 0 Å². The number of aromatic hydroxyl groups is 1. The van der Waals surface area contributed by atoms with Crippen molar-refractivity contribution < 1.29 is 5.11 Å². The van der Waals surface area contributed by atoms with Gasteiger partial charge < -0.3 is 5.11 Å². The van der Waals surface area contributed by atoms with Crippen LogP contribution < -0.4 is 0 Å². The summed E-state index contributed by atoms with van der Waals surface area (Å²) in [5.74, 6) is 0.312. The van der Waals surface area contributed by atoms with E-state index in [1.165, 1.54) is 0 Å². The highest BCUT2D eigenvalue weighted by atomic mass is 16.3. The van der Waals surface area contributed by atoms with E-state index < -0.39 is 0 Å². The van der Waals surface area contributed by atoms with Crippen LogP contribution >= 0.6 is 0 Å². The van der Waals surface area contributed by atoms with Gasteiger partial charge in [-0.25, -0.2) is 0 Å². The van der Waals surface area contributed by atoms with Gasteiger partial charge >= 0.3 is 0 Å². The monoisotopic (exact) mass is 336 g/mol. The molecule has 0 aromatic heterocycles. The number of hydrogen-bond donors (Lipinski definition) is 1. The van der Waals surface area contributed by atoms with Crippen LogP contribution in [0.2, 0.25) is 0 Å². The molecule has 0 aliphatic carbocycles. The summed E-state index contributed by atoms with van der Waals surface area (Å²) in [6, 6.07) is 32.7. The number of phenols is 1. The van der Waals surface area contributed by atoms with Crippen molar-refractivity contribution in [1.82, 2.24) is 0 Å². The number of hydrogen-bond acceptors (Lipinski definition) is 1. The number of aryl methyl sites for hydroxylation is 1. The molecule has 0 unspecified atom stereocenters. The molecule has 0 atom stereocenters. The van der Waals surface area contributed by atoms with Gasteiger partial charge in [0.25, 0.3) is 0 Å². The molecule has 4 aromatic carbocycles. The summed E-state index contributed by atoms with van der Waals surface area (Å²) in [5, 5.41) is 10.9. The van der Waals surface area contributed by atoms with Gasteiger partial charge in [0, 0.05) is 11.1 Å². The fraction of sp³-hybridized carbons (Fsp3) is 0.0400. The predicted octanol–water partition coefficient (Wildman–Crippen LogP) is 6.70. The van der Waals surface area contributed by atoms with Gasteiger partial charge in [-0.05, 0) is 40.8 Å². The van der Waals surface area contributed by atoms with Gasteiger partial charge in [0.1, 0.15) is 5.75 Å². The molecule has 0 radical (unpaired) electrons. The molecule has 0 saturated heterocycles. The summed E-state index contributed by atoms with van der Waals surface area (Å²) in [5.41, 5.74) is 7.44. The zero-order valence-electron chi connectivity index (χ0n) is 14.7. The predicted molar refractivity (Wildman–Crippen MR) is 109 cm³/mol. The molecule has 0 saturated carbocycles. The summed E-state index contributed by atoms with van der Waals surface area (Å²) in [4.78, 5) is 0. The molecular weight excluding hydrogens is 316 g/mol. The van der Waals surface area contributed by atoms with Gasteiger partial charge in [-0.15, -0.1) is 0 Å². The Hall–Kier alpha value is -3.32. The highest BCUT2D eigenvalue weighted by molar-refractivity contribution is 5.98. The van der Waals surface area contributed by atoms with E-state index in [9.17, 15) is 5.11 Å². The second kappa shape index (κ2) is 6.89. The van der Waals surface area contributed by atoms with Crippen molar-refractivity contribution in [3.8, 4) is 39.1 Å². The van der Waals surface area contributed by atoms with Crippen LogP contribution in [-0.4, -0.2) is 5.11 Å². The third kappa shape index (κ3) is 2.89. The van der Waals surface area contributed by atoms with Crippen molar-refractivity contribution in [2.24, 2.45) is 0 Å². The van der Waals surface area contributed by atoms with Crippen molar-refractivity contribution in [1.29, 1.82) is 0 Å². The average Bonchev–Trinajstić information content (AvgIpc) is 2.69. The maximum Gasteiger partial charge on any atom is 0.124 e. The quantitative estimate of drug-likeness (QED) is 0.441. The minimum absolute atomic E-state index is 0.312. The maximum absolute atomic E-state index is 10.9. The first-order valence-corrected chi connectivity index (χ1v) is 8.78. The first-order chi connectivity index (χ1) is 12.8. The second-order valence-corrected chi connectivity index (χ2v) is 6.44. The molecule has 4 aromatic rings. The van der Waals surface area contributed by atoms with Crippen molar-refractivity contribution in [3.63, 3.8) is 0 Å². The van der Waals surface area contributed by atoms with E-state index in [-0.39, 0.29) is 0 Å². The second-order valence-electron chi connectivity index (χ2n) is 6.44. The zero-order chi connectivity index (χ0) is 17.9. The molecule has 1 heteroatoms. The van der Waals surface area contributed by atoms with Gasteiger partial charge in [0.2, 0.25) is 0 Å². The average molecular weight is 336 g/mol. The normalized spacial score (nSPS) is 10.7. The minimum atomic E-state index is 0.312. The van der Waals surface area contributed by atoms with E-state index in [2.05, 4.69) is 43.3 Å². The van der Waals surface area contributed by atoms with E-state index >= 15 is 0 Å². The van der Waals surface area contributed by atoms with Crippen molar-refractivity contribution >= 4 is 0 Å². The Labute approximate surface area is 154 Å². The molecule has 0 heterocycles. The Balaban J connectivity index is 2.13. The van der Waals surface area contributed by atoms with Gasteiger partial charge in [0.05, 0.1) is 0 Å². The highest BCUT2D eigenvalue weighted by Gasteiger charge is 2.19. The van der Waals surface area contributed by atoms with E-state index in [0.29, 0.717) is 5.75 Å². The summed E-state index contributed by atoms with van der Waals surface area (Å²) in [6.07, 6.45) is 0. The summed E-state index contributed by atoms with van der Waals surface area (Å²) in [7, 11) is 0. The van der Waals surface area contributed by atoms with Crippen LogP contribution in [0.4, 0.5) is 0 Å². The maximum atomic E-state index is 10.9. The molecule has 126 valence electrons. The lowest BCUT2D eigenvalue weighted by Crippen LogP contribution is -1.94. The lowest BCUT2D eigenvalue weighted by Gasteiger charge is -2.20. The highest BCUT2D eigenvalue weighted by Crippen LogP contribution is 2.46. The van der Waals surface area contributed by atoms with Crippen LogP contribution in [0.15, 0.2) is 97.1 Å². The topological polar surface area (TPSA) is 20.2 Å². The van der Waals surface area contributed by atoms with Crippen LogP contribution in [0.1, 0.15) is 5.56 Å². The Bertz CT molecular complexity index is 956. The Morgan fingerprint density at radius 1 is 0.500 bits per heavy atom. The first-order valence-electron chi connectivity index (χ1n) is 8.78. The summed E-state index contributed by atoms with van der Waals surface area (Å²) >= 11 is 0. The molecule has 4 rings (SSSR count). The third-order valence-electron chi connectivity index (χ3n) is 4.69. The lowest BCUT2D eigenvalue weighted by molar-refractivity contribution is 0.477.